The number of hydrogen-bond donors (Lipinski definition) is 2. The van der Waals surface area contributed by atoms with Crippen LogP contribution in [0.5, 0.6) is 0 Å². The van der Waals surface area contributed by atoms with Gasteiger partial charge in [-0.1, -0.05) is 20.8 Å². The van der Waals surface area contributed by atoms with Crippen LogP contribution in [-0.4, -0.2) is 33.3 Å². The van der Waals surface area contributed by atoms with Gasteiger partial charge in [0, 0.05) is 24.2 Å². The Hall–Kier alpha value is -2.63. The van der Waals surface area contributed by atoms with Crippen LogP contribution in [0.2, 0.25) is 0 Å². The second-order valence-electron chi connectivity index (χ2n) is 7.43. The molecule has 2 aromatic rings. The lowest BCUT2D eigenvalue weighted by atomic mass is 9.98. The summed E-state index contributed by atoms with van der Waals surface area (Å²) in [7, 11) is 0. The number of nitrogens with zero attached hydrogens (tertiary/aromatic N) is 2. The lowest BCUT2D eigenvalue weighted by molar-refractivity contribution is -0.136. The maximum atomic E-state index is 12.3. The van der Waals surface area contributed by atoms with E-state index in [9.17, 15) is 9.59 Å². The van der Waals surface area contributed by atoms with E-state index in [1.165, 1.54) is 0 Å². The summed E-state index contributed by atoms with van der Waals surface area (Å²) < 4.78 is 1.80. The highest BCUT2D eigenvalue weighted by atomic mass is 16.4. The number of aliphatic carboxylic acids is 1. The molecule has 0 spiro atoms. The molecular weight excluding hydrogens is 342 g/mol. The Labute approximate surface area is 160 Å². The van der Waals surface area contributed by atoms with Gasteiger partial charge in [0.05, 0.1) is 11.4 Å². The van der Waals surface area contributed by atoms with Crippen molar-refractivity contribution in [2.24, 2.45) is 11.8 Å². The molecule has 1 atom stereocenters. The van der Waals surface area contributed by atoms with Crippen LogP contribution < -0.4 is 5.32 Å². The zero-order chi connectivity index (χ0) is 20.1. The molecule has 0 aliphatic heterocycles. The molecule has 0 bridgehead atoms. The van der Waals surface area contributed by atoms with Crippen molar-refractivity contribution < 1.29 is 14.7 Å². The fourth-order valence-corrected chi connectivity index (χ4v) is 2.87. The highest BCUT2D eigenvalue weighted by Crippen LogP contribution is 2.20. The quantitative estimate of drug-likeness (QED) is 0.743. The molecule has 1 heterocycles. The van der Waals surface area contributed by atoms with Crippen molar-refractivity contribution in [2.75, 3.05) is 6.54 Å². The molecule has 0 radical (unpaired) electrons. The second-order valence-corrected chi connectivity index (χ2v) is 7.43. The van der Waals surface area contributed by atoms with E-state index in [1.807, 2.05) is 26.0 Å². The summed E-state index contributed by atoms with van der Waals surface area (Å²) in [6.07, 6.45) is 0.544. The predicted octanol–water partition coefficient (Wildman–Crippen LogP) is 3.53. The van der Waals surface area contributed by atoms with Crippen molar-refractivity contribution in [3.8, 4) is 5.69 Å². The summed E-state index contributed by atoms with van der Waals surface area (Å²) in [5.74, 6) is 0.0504. The summed E-state index contributed by atoms with van der Waals surface area (Å²) in [4.78, 5) is 23.1. The number of hydrogen-bond acceptors (Lipinski definition) is 3. The fourth-order valence-electron chi connectivity index (χ4n) is 2.87. The third-order valence-electron chi connectivity index (χ3n) is 5.13. The van der Waals surface area contributed by atoms with Gasteiger partial charge in [0.1, 0.15) is 0 Å². The number of aromatic nitrogens is 2. The van der Waals surface area contributed by atoms with Gasteiger partial charge in [0.15, 0.2) is 0 Å². The minimum Gasteiger partial charge on any atom is -0.481 e. The number of carboxylic acid groups (broad SMARTS) is 1. The lowest BCUT2D eigenvalue weighted by Crippen LogP contribution is -2.30. The van der Waals surface area contributed by atoms with Crippen LogP contribution >= 0.6 is 0 Å². The van der Waals surface area contributed by atoms with Gasteiger partial charge in [0.2, 0.25) is 0 Å². The fraction of sp³-hybridized carbons (Fsp3) is 0.476. The Kier molecular flexibility index (Phi) is 6.77. The highest BCUT2D eigenvalue weighted by molar-refractivity contribution is 5.94. The van der Waals surface area contributed by atoms with E-state index >= 15 is 0 Å². The number of amides is 1. The van der Waals surface area contributed by atoms with Crippen molar-refractivity contribution >= 4 is 11.9 Å². The second kappa shape index (κ2) is 8.84. The summed E-state index contributed by atoms with van der Waals surface area (Å²) in [5.41, 5.74) is 4.18. The Balaban J connectivity index is 2.12. The average molecular weight is 371 g/mol. The van der Waals surface area contributed by atoms with E-state index in [1.54, 1.807) is 16.8 Å². The minimum atomic E-state index is -0.816. The average Bonchev–Trinajstić information content (AvgIpc) is 2.91. The van der Waals surface area contributed by atoms with E-state index in [0.717, 1.165) is 22.6 Å². The van der Waals surface area contributed by atoms with Crippen molar-refractivity contribution in [3.05, 3.63) is 46.8 Å². The smallest absolute Gasteiger partial charge is 0.303 e. The number of aryl methyl sites for hydroxylation is 1. The van der Waals surface area contributed by atoms with E-state index < -0.39 is 5.97 Å². The zero-order valence-corrected chi connectivity index (χ0v) is 16.7. The van der Waals surface area contributed by atoms with E-state index in [-0.39, 0.29) is 12.3 Å². The van der Waals surface area contributed by atoms with Gasteiger partial charge >= 0.3 is 5.97 Å². The van der Waals surface area contributed by atoms with Gasteiger partial charge in [-0.05, 0) is 61.9 Å². The third-order valence-corrected chi connectivity index (χ3v) is 5.13. The van der Waals surface area contributed by atoms with Gasteiger partial charge in [-0.2, -0.15) is 5.10 Å². The van der Waals surface area contributed by atoms with E-state index in [4.69, 9.17) is 5.11 Å². The first kappa shape index (κ1) is 20.7. The molecule has 146 valence electrons. The maximum absolute atomic E-state index is 12.3. The molecule has 0 aliphatic carbocycles. The molecule has 1 unspecified atom stereocenters. The third kappa shape index (κ3) is 5.18. The van der Waals surface area contributed by atoms with Crippen molar-refractivity contribution in [3.63, 3.8) is 0 Å². The Morgan fingerprint density at radius 2 is 1.78 bits per heavy atom. The summed E-state index contributed by atoms with van der Waals surface area (Å²) in [6, 6.07) is 7.30. The zero-order valence-electron chi connectivity index (χ0n) is 16.7. The van der Waals surface area contributed by atoms with Gasteiger partial charge in [-0.3, -0.25) is 9.59 Å². The molecule has 1 aromatic heterocycles. The molecule has 2 N–H and O–H groups in total. The molecule has 2 rings (SSSR count). The molecule has 0 saturated carbocycles. The molecule has 6 nitrogen and oxygen atoms in total. The SMILES string of the molecule is Cc1nn(-c2ccc(C(=O)NCC(C)C(C)C)cc2)c(C)c1CCC(=O)O. The van der Waals surface area contributed by atoms with Gasteiger partial charge < -0.3 is 10.4 Å². The first-order chi connectivity index (χ1) is 12.7. The maximum Gasteiger partial charge on any atom is 0.303 e. The number of benzene rings is 1. The normalized spacial score (nSPS) is 12.2. The van der Waals surface area contributed by atoms with Crippen LogP contribution in [-0.2, 0) is 11.2 Å². The summed E-state index contributed by atoms with van der Waals surface area (Å²) >= 11 is 0. The van der Waals surface area contributed by atoms with Crippen LogP contribution in [0.15, 0.2) is 24.3 Å². The summed E-state index contributed by atoms with van der Waals surface area (Å²) in [5, 5.41) is 16.4. The van der Waals surface area contributed by atoms with Crippen LogP contribution in [0.4, 0.5) is 0 Å². The van der Waals surface area contributed by atoms with Crippen molar-refractivity contribution in [1.82, 2.24) is 15.1 Å². The molecule has 27 heavy (non-hydrogen) atoms. The molecule has 6 heteroatoms. The number of nitrogens with one attached hydrogen (secondary N) is 1. The topological polar surface area (TPSA) is 84.2 Å². The first-order valence-corrected chi connectivity index (χ1v) is 9.36. The van der Waals surface area contributed by atoms with Gasteiger partial charge in [0.25, 0.3) is 5.91 Å². The lowest BCUT2D eigenvalue weighted by Gasteiger charge is -2.16. The van der Waals surface area contributed by atoms with E-state index in [2.05, 4.69) is 31.2 Å². The summed E-state index contributed by atoms with van der Waals surface area (Å²) in [6.45, 7) is 10.9. The number of rotatable bonds is 8. The molecule has 1 aromatic carbocycles. The van der Waals surface area contributed by atoms with Crippen LogP contribution in [0.3, 0.4) is 0 Å². The Morgan fingerprint density at radius 1 is 1.15 bits per heavy atom. The molecule has 0 saturated heterocycles. The van der Waals surface area contributed by atoms with E-state index in [0.29, 0.717) is 30.4 Å². The van der Waals surface area contributed by atoms with Gasteiger partial charge in [-0.15, -0.1) is 0 Å². The van der Waals surface area contributed by atoms with Crippen LogP contribution in [0.25, 0.3) is 5.69 Å². The van der Waals surface area contributed by atoms with Crippen LogP contribution in [0, 0.1) is 25.7 Å². The van der Waals surface area contributed by atoms with Crippen molar-refractivity contribution in [1.29, 1.82) is 0 Å². The Bertz CT molecular complexity index is 807. The first-order valence-electron chi connectivity index (χ1n) is 9.36. The Morgan fingerprint density at radius 3 is 2.33 bits per heavy atom. The molecule has 0 fully saturated rings. The predicted molar refractivity (Wildman–Crippen MR) is 105 cm³/mol. The standard InChI is InChI=1S/C21H29N3O3/c1-13(2)14(3)12-22-21(27)17-6-8-18(9-7-17)24-16(5)19(15(4)23-24)10-11-20(25)26/h6-9,13-14H,10-12H2,1-5H3,(H,22,27)(H,25,26). The molecule has 1 amide bonds. The number of carbonyl (C=O) groups is 2. The van der Waals surface area contributed by atoms with Gasteiger partial charge in [-0.25, -0.2) is 4.68 Å². The largest absolute Gasteiger partial charge is 0.481 e. The van der Waals surface area contributed by atoms with Crippen LogP contribution in [0.1, 0.15) is 54.5 Å². The molecule has 0 aliphatic rings. The number of carboxylic acids is 1. The highest BCUT2D eigenvalue weighted by Gasteiger charge is 2.15. The monoisotopic (exact) mass is 371 g/mol. The number of carbonyl (C=O) groups excluding carboxylic acids is 1. The minimum absolute atomic E-state index is 0.0791. The molecular formula is C21H29N3O3. The van der Waals surface area contributed by atoms with Crippen molar-refractivity contribution in [2.45, 2.75) is 47.5 Å².